The Kier molecular flexibility index (Phi) is 15.0. The van der Waals surface area contributed by atoms with Crippen LogP contribution in [0.25, 0.3) is 33.4 Å². The van der Waals surface area contributed by atoms with Crippen LogP contribution in [0.3, 0.4) is 0 Å². The van der Waals surface area contributed by atoms with Crippen LogP contribution in [0, 0.1) is 0 Å². The van der Waals surface area contributed by atoms with Gasteiger partial charge in [-0.15, -0.1) is 10.2 Å². The van der Waals surface area contributed by atoms with E-state index in [2.05, 4.69) is 25.9 Å². The van der Waals surface area contributed by atoms with E-state index in [9.17, 15) is 44.4 Å². The summed E-state index contributed by atoms with van der Waals surface area (Å²) in [4.78, 5) is 86.2. The lowest BCUT2D eigenvalue weighted by atomic mass is 9.90. The van der Waals surface area contributed by atoms with Crippen LogP contribution < -0.4 is 26.3 Å². The van der Waals surface area contributed by atoms with Crippen molar-refractivity contribution in [2.24, 2.45) is 5.73 Å². The molecule has 4 aliphatic rings. The van der Waals surface area contributed by atoms with E-state index in [0.29, 0.717) is 136 Å². The number of aryl methyl sites for hydroxylation is 1. The number of nitrogens with zero attached hydrogens (tertiary/aromatic N) is 13. The van der Waals surface area contributed by atoms with E-state index in [1.807, 2.05) is 9.80 Å². The first-order valence-corrected chi connectivity index (χ1v) is 24.3. The number of fused-ring (bicyclic) bond motifs is 2. The number of unbranched alkanes of at least 4 members (excludes halogenated alkanes) is 1. The smallest absolute Gasteiger partial charge is 0.336 e. The van der Waals surface area contributed by atoms with Gasteiger partial charge in [-0.25, -0.2) is 14.2 Å². The number of aromatic carboxylic acids is 1. The maximum absolute atomic E-state index is 14.2. The molecule has 2 saturated heterocycles. The van der Waals surface area contributed by atoms with Crippen molar-refractivity contribution in [3.63, 3.8) is 0 Å². The topological polar surface area (TPSA) is 331 Å². The molecule has 6 heterocycles. The van der Waals surface area contributed by atoms with Crippen LogP contribution in [0.2, 0.25) is 0 Å². The Bertz CT molecular complexity index is 3210. The normalized spacial score (nSPS) is 14.9. The molecule has 0 radical (unpaired) electrons. The highest BCUT2D eigenvalue weighted by molar-refractivity contribution is 6.08. The molecule has 74 heavy (non-hydrogen) atoms. The first-order valence-electron chi connectivity index (χ1n) is 24.3. The molecule has 1 unspecified atom stereocenters. The van der Waals surface area contributed by atoms with Crippen LogP contribution >= 0.6 is 0 Å². The molecule has 25 nitrogen and oxygen atoms in total. The second kappa shape index (κ2) is 22.0. The Morgan fingerprint density at radius 3 is 2.19 bits per heavy atom. The van der Waals surface area contributed by atoms with Crippen LogP contribution in [0.15, 0.2) is 76.2 Å². The van der Waals surface area contributed by atoms with Gasteiger partial charge in [0.15, 0.2) is 5.43 Å². The van der Waals surface area contributed by atoms with Crippen LogP contribution in [0.5, 0.6) is 5.75 Å². The number of hydrogen-bond donors (Lipinski definition) is 6. The number of aliphatic carboxylic acids is 1. The molecule has 3 aliphatic heterocycles. The van der Waals surface area contributed by atoms with Gasteiger partial charge >= 0.3 is 11.9 Å². The van der Waals surface area contributed by atoms with Crippen molar-refractivity contribution >= 4 is 58.3 Å². The number of phenols is 1. The van der Waals surface area contributed by atoms with Gasteiger partial charge in [-0.2, -0.15) is 15.0 Å². The van der Waals surface area contributed by atoms with E-state index in [1.54, 1.807) is 53.4 Å². The summed E-state index contributed by atoms with van der Waals surface area (Å²) < 4.78 is 8.96. The number of benzene rings is 3. The lowest BCUT2D eigenvalue weighted by molar-refractivity contribution is -0.137. The number of anilines is 4. The standard InChI is InChI=1S/C49H55N15O10/c1-29(65)22-32-26-63(57-56-32)28-42(68)59-14-18-61(19-15-59)48-52-47(51-30-5-9-35(38(23-30)46(72)73)44-36-10-7-33(66)24-40(36)74-41-25-34(67)8-11-37(41)44)53-49(54-48)62-20-16-60(17-21-62)45(71)39(4-2-3-13-50)64-27-31(55-58-64)6-12-43(69)70/h5,7-11,23-27,29,39,65-66H,2-4,6,12-22,28,50H2,1H3,(H,69,70)(H,72,73)(H,51,52,53,54)/t29?,39-/m0/s1. The zero-order valence-corrected chi connectivity index (χ0v) is 40.4. The van der Waals surface area contributed by atoms with Crippen molar-refractivity contribution in [2.45, 2.75) is 64.1 Å². The summed E-state index contributed by atoms with van der Waals surface area (Å²) in [5, 5.41) is 60.1. The molecule has 0 bridgehead atoms. The fourth-order valence-electron chi connectivity index (χ4n) is 9.20. The van der Waals surface area contributed by atoms with Gasteiger partial charge in [0.05, 0.1) is 29.5 Å². The zero-order valence-electron chi connectivity index (χ0n) is 40.4. The molecule has 0 spiro atoms. The number of carbonyl (C=O) groups excluding carboxylic acids is 2. The van der Waals surface area contributed by atoms with Gasteiger partial charge in [0.25, 0.3) is 0 Å². The zero-order chi connectivity index (χ0) is 52.0. The summed E-state index contributed by atoms with van der Waals surface area (Å²) in [5.41, 5.74) is 8.31. The van der Waals surface area contributed by atoms with Gasteiger partial charge in [0.2, 0.25) is 29.7 Å². The first kappa shape index (κ1) is 50.4. The highest BCUT2D eigenvalue weighted by atomic mass is 16.4. The van der Waals surface area contributed by atoms with Crippen molar-refractivity contribution in [3.8, 4) is 28.2 Å². The number of piperazine rings is 2. The van der Waals surface area contributed by atoms with Crippen LogP contribution in [0.1, 0.15) is 60.4 Å². The Hall–Kier alpha value is -8.58. The van der Waals surface area contributed by atoms with E-state index in [0.717, 1.165) is 0 Å². The Morgan fingerprint density at radius 1 is 0.797 bits per heavy atom. The molecule has 1 aliphatic carbocycles. The number of aromatic nitrogens is 9. The lowest BCUT2D eigenvalue weighted by Gasteiger charge is -2.37. The highest BCUT2D eigenvalue weighted by Crippen LogP contribution is 2.42. The minimum Gasteiger partial charge on any atom is -0.508 e. The number of nitrogens with one attached hydrogen (secondary N) is 1. The fraction of sp³-hybridized carbons (Fsp3) is 0.388. The molecule has 2 fully saturated rings. The van der Waals surface area contributed by atoms with Crippen molar-refractivity contribution in [2.75, 3.05) is 74.0 Å². The monoisotopic (exact) mass is 1010 g/mol. The summed E-state index contributed by atoms with van der Waals surface area (Å²) in [6.45, 7) is 4.77. The number of carboxylic acids is 2. The van der Waals surface area contributed by atoms with Crippen molar-refractivity contribution in [3.05, 3.63) is 94.2 Å². The number of carbonyl (C=O) groups is 4. The van der Waals surface area contributed by atoms with Crippen LogP contribution in [0.4, 0.5) is 23.5 Å². The molecule has 3 aromatic heterocycles. The number of carboxylic acid groups (broad SMARTS) is 2. The molecular formula is C49H55N15O10. The van der Waals surface area contributed by atoms with Gasteiger partial charge in [-0.05, 0) is 74.7 Å². The van der Waals surface area contributed by atoms with Crippen molar-refractivity contribution in [1.29, 1.82) is 0 Å². The average molecular weight is 1010 g/mol. The van der Waals surface area contributed by atoms with Crippen LogP contribution in [-0.4, -0.2) is 164 Å². The van der Waals surface area contributed by atoms with E-state index in [-0.39, 0.29) is 65.2 Å². The third kappa shape index (κ3) is 11.5. The van der Waals surface area contributed by atoms with Gasteiger partial charge < -0.3 is 55.5 Å². The number of hydrogen-bond acceptors (Lipinski definition) is 19. The average Bonchev–Trinajstić information content (AvgIpc) is 4.05. The summed E-state index contributed by atoms with van der Waals surface area (Å²) >= 11 is 0. The number of amides is 2. The first-order chi connectivity index (χ1) is 35.7. The number of nitrogens with two attached hydrogens (primary N) is 1. The fourth-order valence-corrected chi connectivity index (χ4v) is 9.20. The number of aliphatic hydroxyl groups excluding tert-OH is 1. The quantitative estimate of drug-likeness (QED) is 0.0500. The summed E-state index contributed by atoms with van der Waals surface area (Å²) in [5.74, 6) is -1.70. The maximum atomic E-state index is 14.2. The van der Waals surface area contributed by atoms with Gasteiger partial charge in [-0.3, -0.25) is 19.2 Å². The number of rotatable bonds is 19. The van der Waals surface area contributed by atoms with Gasteiger partial charge in [-0.1, -0.05) is 16.5 Å². The summed E-state index contributed by atoms with van der Waals surface area (Å²) in [7, 11) is 0. The third-order valence-electron chi connectivity index (χ3n) is 12.9. The van der Waals surface area contributed by atoms with E-state index in [1.165, 1.54) is 39.7 Å². The number of aromatic hydroxyl groups is 1. The third-order valence-corrected chi connectivity index (χ3v) is 12.9. The minimum atomic E-state index is -1.24. The molecule has 2 atom stereocenters. The number of phenolic OH excluding ortho intramolecular Hbond substituents is 1. The molecule has 5 aromatic rings. The van der Waals surface area contributed by atoms with Crippen molar-refractivity contribution < 1.29 is 44.0 Å². The second-order valence-corrected chi connectivity index (χ2v) is 18.3. The SMILES string of the molecule is CC(O)Cc1cn(CC(=O)N2CCN(c3nc(Nc4ccc(-c5c6ccc(=O)cc-6oc6cc(O)ccc56)c(C(=O)O)c4)nc(N4CCN(C(=O)[C@H](CCCCN)n5cc(CCC(=O)O)nn5)CC4)n3)CC2)nn1. The molecule has 0 saturated carbocycles. The predicted octanol–water partition coefficient (Wildman–Crippen LogP) is 2.39. The number of aliphatic hydroxyl groups is 1. The van der Waals surface area contributed by atoms with Crippen molar-refractivity contribution in [1.82, 2.24) is 54.7 Å². The summed E-state index contributed by atoms with van der Waals surface area (Å²) in [6, 6.07) is 12.8. The lowest BCUT2D eigenvalue weighted by Crippen LogP contribution is -2.51. The molecule has 2 amide bonds. The van der Waals surface area contributed by atoms with E-state index >= 15 is 0 Å². The predicted molar refractivity (Wildman–Crippen MR) is 267 cm³/mol. The molecule has 7 N–H and O–H groups in total. The Morgan fingerprint density at radius 2 is 1.50 bits per heavy atom. The largest absolute Gasteiger partial charge is 0.508 e. The second-order valence-electron chi connectivity index (χ2n) is 18.3. The van der Waals surface area contributed by atoms with Gasteiger partial charge in [0, 0.05) is 112 Å². The Balaban J connectivity index is 0.983. The highest BCUT2D eigenvalue weighted by Gasteiger charge is 2.32. The molecule has 386 valence electrons. The van der Waals surface area contributed by atoms with Gasteiger partial charge in [0.1, 0.15) is 29.7 Å². The maximum Gasteiger partial charge on any atom is 0.336 e. The summed E-state index contributed by atoms with van der Waals surface area (Å²) in [6.07, 6.45) is 4.86. The van der Waals surface area contributed by atoms with Crippen LogP contribution in [-0.2, 0) is 33.8 Å². The Labute approximate surface area is 422 Å². The molecule has 25 heteroatoms. The van der Waals surface area contributed by atoms with E-state index in [4.69, 9.17) is 25.1 Å². The van der Waals surface area contributed by atoms with E-state index < -0.39 is 24.1 Å². The molecular weight excluding hydrogens is 959 g/mol. The minimum absolute atomic E-state index is 0.0276. The molecule has 9 rings (SSSR count). The molecule has 2 aromatic carbocycles.